The Hall–Kier alpha value is -2.53. The van der Waals surface area contributed by atoms with E-state index in [9.17, 15) is 0 Å². The zero-order valence-electron chi connectivity index (χ0n) is 11.3. The zero-order valence-corrected chi connectivity index (χ0v) is 12.1. The second-order valence-corrected chi connectivity index (χ2v) is 4.79. The number of H-pyrrole nitrogens is 1. The van der Waals surface area contributed by atoms with E-state index in [4.69, 9.17) is 22.1 Å². The molecule has 3 rings (SSSR count). The minimum Gasteiger partial charge on any atom is -0.496 e. The molecule has 3 aromatic rings. The molecule has 2 aromatic heterocycles. The molecule has 6 heteroatoms. The van der Waals surface area contributed by atoms with Crippen molar-refractivity contribution in [3.63, 3.8) is 0 Å². The number of anilines is 1. The summed E-state index contributed by atoms with van der Waals surface area (Å²) in [5, 5.41) is 0.602. The van der Waals surface area contributed by atoms with E-state index in [1.807, 2.05) is 24.4 Å². The van der Waals surface area contributed by atoms with Crippen LogP contribution in [-0.4, -0.2) is 22.1 Å². The minimum atomic E-state index is 0.201. The Bertz CT molecular complexity index is 771. The number of nitrogen functional groups attached to an aromatic ring is 1. The lowest BCUT2D eigenvalue weighted by atomic mass is 10.00. The third kappa shape index (κ3) is 2.43. The summed E-state index contributed by atoms with van der Waals surface area (Å²) in [6, 6.07) is 9.22. The van der Waals surface area contributed by atoms with E-state index >= 15 is 0 Å². The van der Waals surface area contributed by atoms with Gasteiger partial charge in [-0.05, 0) is 30.3 Å². The number of hydrogen-bond donors (Lipinski definition) is 2. The van der Waals surface area contributed by atoms with Crippen LogP contribution in [0.25, 0.3) is 22.5 Å². The molecule has 0 bridgehead atoms. The van der Waals surface area contributed by atoms with Gasteiger partial charge in [-0.2, -0.15) is 0 Å². The van der Waals surface area contributed by atoms with Crippen LogP contribution in [0.5, 0.6) is 5.75 Å². The monoisotopic (exact) mass is 300 g/mol. The van der Waals surface area contributed by atoms with Gasteiger partial charge in [0.2, 0.25) is 5.95 Å². The summed E-state index contributed by atoms with van der Waals surface area (Å²) in [5.74, 6) is 0.870. The summed E-state index contributed by atoms with van der Waals surface area (Å²) in [4.78, 5) is 11.4. The predicted molar refractivity (Wildman–Crippen MR) is 83.2 cm³/mol. The number of aromatic amines is 1. The van der Waals surface area contributed by atoms with Crippen molar-refractivity contribution in [3.8, 4) is 28.3 Å². The topological polar surface area (TPSA) is 76.8 Å². The molecule has 106 valence electrons. The Morgan fingerprint density at radius 2 is 2.05 bits per heavy atom. The fourth-order valence-corrected chi connectivity index (χ4v) is 2.50. The Morgan fingerprint density at radius 1 is 1.19 bits per heavy atom. The highest BCUT2D eigenvalue weighted by molar-refractivity contribution is 6.34. The Morgan fingerprint density at radius 3 is 2.71 bits per heavy atom. The lowest BCUT2D eigenvalue weighted by Crippen LogP contribution is -1.99. The van der Waals surface area contributed by atoms with Gasteiger partial charge in [0.1, 0.15) is 5.75 Å². The van der Waals surface area contributed by atoms with Gasteiger partial charge in [-0.15, -0.1) is 0 Å². The van der Waals surface area contributed by atoms with Gasteiger partial charge in [-0.25, -0.2) is 9.97 Å². The molecule has 0 aliphatic heterocycles. The smallest absolute Gasteiger partial charge is 0.220 e. The average Bonchev–Trinajstić information content (AvgIpc) is 3.00. The predicted octanol–water partition coefficient (Wildman–Crippen LogP) is 3.38. The van der Waals surface area contributed by atoms with E-state index in [0.29, 0.717) is 16.5 Å². The van der Waals surface area contributed by atoms with Crippen molar-refractivity contribution in [3.05, 3.63) is 47.7 Å². The van der Waals surface area contributed by atoms with Crippen molar-refractivity contribution in [2.24, 2.45) is 0 Å². The van der Waals surface area contributed by atoms with Crippen LogP contribution in [0.15, 0.2) is 42.7 Å². The first kappa shape index (κ1) is 13.5. The summed E-state index contributed by atoms with van der Waals surface area (Å²) < 4.78 is 5.46. The average molecular weight is 301 g/mol. The summed E-state index contributed by atoms with van der Waals surface area (Å²) in [7, 11) is 1.61. The molecule has 0 aliphatic carbocycles. The summed E-state index contributed by atoms with van der Waals surface area (Å²) in [5.41, 5.74) is 8.83. The number of rotatable bonds is 3. The number of halogens is 1. The Labute approximate surface area is 126 Å². The van der Waals surface area contributed by atoms with E-state index in [1.165, 1.54) is 0 Å². The quantitative estimate of drug-likeness (QED) is 0.777. The Kier molecular flexibility index (Phi) is 3.50. The number of benzene rings is 1. The maximum atomic E-state index is 6.39. The van der Waals surface area contributed by atoms with E-state index in [-0.39, 0.29) is 5.95 Å². The van der Waals surface area contributed by atoms with E-state index in [2.05, 4.69) is 15.0 Å². The first-order valence-corrected chi connectivity index (χ1v) is 6.67. The molecule has 0 fully saturated rings. The van der Waals surface area contributed by atoms with Crippen molar-refractivity contribution in [2.75, 3.05) is 12.8 Å². The first-order chi connectivity index (χ1) is 10.2. The number of nitrogens with two attached hydrogens (primary N) is 1. The van der Waals surface area contributed by atoms with Gasteiger partial charge in [-0.3, -0.25) is 0 Å². The highest BCUT2D eigenvalue weighted by Crippen LogP contribution is 2.42. The number of hydrogen-bond acceptors (Lipinski definition) is 4. The molecule has 0 aliphatic rings. The molecular weight excluding hydrogens is 288 g/mol. The van der Waals surface area contributed by atoms with E-state index < -0.39 is 0 Å². The van der Waals surface area contributed by atoms with E-state index in [1.54, 1.807) is 25.4 Å². The summed E-state index contributed by atoms with van der Waals surface area (Å²) in [6.45, 7) is 0. The molecule has 0 spiro atoms. The van der Waals surface area contributed by atoms with Crippen LogP contribution in [0, 0.1) is 0 Å². The standard InChI is InChI=1S/C15H13ClN4O/c1-21-12-5-4-9(16)13(10-3-2-7-18-10)14(12)11-6-8-19-15(17)20-11/h2-8,18H,1H3,(H2,17,19,20). The molecule has 0 amide bonds. The third-order valence-electron chi connectivity index (χ3n) is 3.13. The molecule has 0 saturated carbocycles. The van der Waals surface area contributed by atoms with Crippen LogP contribution < -0.4 is 10.5 Å². The van der Waals surface area contributed by atoms with Crippen molar-refractivity contribution < 1.29 is 4.74 Å². The number of nitrogens with zero attached hydrogens (tertiary/aromatic N) is 2. The molecule has 0 saturated heterocycles. The van der Waals surface area contributed by atoms with Crippen molar-refractivity contribution in [1.82, 2.24) is 15.0 Å². The molecule has 21 heavy (non-hydrogen) atoms. The van der Waals surface area contributed by atoms with Gasteiger partial charge in [0.25, 0.3) is 0 Å². The molecule has 5 nitrogen and oxygen atoms in total. The van der Waals surface area contributed by atoms with Gasteiger partial charge in [-0.1, -0.05) is 11.6 Å². The van der Waals surface area contributed by atoms with Crippen LogP contribution >= 0.6 is 11.6 Å². The number of aromatic nitrogens is 3. The number of nitrogens with one attached hydrogen (secondary N) is 1. The van der Waals surface area contributed by atoms with Crippen LogP contribution in [0.1, 0.15) is 0 Å². The summed E-state index contributed by atoms with van der Waals surface area (Å²) in [6.07, 6.45) is 3.44. The zero-order chi connectivity index (χ0) is 14.8. The molecule has 2 heterocycles. The SMILES string of the molecule is COc1ccc(Cl)c(-c2ccc[nH]2)c1-c1ccnc(N)n1. The highest BCUT2D eigenvalue weighted by atomic mass is 35.5. The maximum absolute atomic E-state index is 6.39. The van der Waals surface area contributed by atoms with Gasteiger partial charge in [0.05, 0.1) is 23.4 Å². The fourth-order valence-electron chi connectivity index (χ4n) is 2.24. The second-order valence-electron chi connectivity index (χ2n) is 4.38. The second kappa shape index (κ2) is 5.46. The lowest BCUT2D eigenvalue weighted by molar-refractivity contribution is 0.416. The van der Waals surface area contributed by atoms with Gasteiger partial charge in [0.15, 0.2) is 0 Å². The molecular formula is C15H13ClN4O. The molecule has 3 N–H and O–H groups in total. The normalized spacial score (nSPS) is 10.6. The molecule has 0 unspecified atom stereocenters. The first-order valence-electron chi connectivity index (χ1n) is 6.30. The number of methoxy groups -OCH3 is 1. The van der Waals surface area contributed by atoms with Crippen LogP contribution in [-0.2, 0) is 0 Å². The van der Waals surface area contributed by atoms with Crippen molar-refractivity contribution >= 4 is 17.5 Å². The van der Waals surface area contributed by atoms with Crippen molar-refractivity contribution in [1.29, 1.82) is 0 Å². The number of ether oxygens (including phenoxy) is 1. The third-order valence-corrected chi connectivity index (χ3v) is 3.45. The van der Waals surface area contributed by atoms with Gasteiger partial charge < -0.3 is 15.5 Å². The maximum Gasteiger partial charge on any atom is 0.220 e. The van der Waals surface area contributed by atoms with Crippen LogP contribution in [0.3, 0.4) is 0 Å². The van der Waals surface area contributed by atoms with Crippen LogP contribution in [0.2, 0.25) is 5.02 Å². The van der Waals surface area contributed by atoms with Crippen LogP contribution in [0.4, 0.5) is 5.95 Å². The minimum absolute atomic E-state index is 0.201. The highest BCUT2D eigenvalue weighted by Gasteiger charge is 2.18. The van der Waals surface area contributed by atoms with E-state index in [0.717, 1.165) is 16.8 Å². The molecule has 0 radical (unpaired) electrons. The largest absolute Gasteiger partial charge is 0.496 e. The van der Waals surface area contributed by atoms with Gasteiger partial charge >= 0.3 is 0 Å². The van der Waals surface area contributed by atoms with Gasteiger partial charge in [0, 0.05) is 23.7 Å². The Balaban J connectivity index is 2.34. The summed E-state index contributed by atoms with van der Waals surface area (Å²) >= 11 is 6.39. The molecule has 0 atom stereocenters. The fraction of sp³-hybridized carbons (Fsp3) is 0.0667. The van der Waals surface area contributed by atoms with Crippen molar-refractivity contribution in [2.45, 2.75) is 0 Å². The lowest BCUT2D eigenvalue weighted by Gasteiger charge is -2.14. The molecule has 1 aromatic carbocycles.